The van der Waals surface area contributed by atoms with Crippen LogP contribution >= 0.6 is 0 Å². The van der Waals surface area contributed by atoms with E-state index in [1.807, 2.05) is 34.6 Å². The van der Waals surface area contributed by atoms with Crippen molar-refractivity contribution in [1.82, 2.24) is 19.5 Å². The molecule has 144 valence electrons. The van der Waals surface area contributed by atoms with Gasteiger partial charge in [0.15, 0.2) is 17.7 Å². The molecule has 1 saturated heterocycles. The van der Waals surface area contributed by atoms with Gasteiger partial charge >= 0.3 is 0 Å². The number of hydrogen-bond donors (Lipinski definition) is 2. The average molecular weight is 365 g/mol. The Kier molecular flexibility index (Phi) is 5.16. The van der Waals surface area contributed by atoms with Gasteiger partial charge in [-0.1, -0.05) is 0 Å². The summed E-state index contributed by atoms with van der Waals surface area (Å²) in [4.78, 5) is 12.4. The molecular formula is C17H27N5O4. The number of imidazole rings is 1. The lowest BCUT2D eigenvalue weighted by Gasteiger charge is -2.26. The van der Waals surface area contributed by atoms with Crippen LogP contribution in [0.15, 0.2) is 12.7 Å². The third-order valence-corrected chi connectivity index (χ3v) is 4.08. The smallest absolute Gasteiger partial charge is 0.167 e. The van der Waals surface area contributed by atoms with Crippen LogP contribution < -0.4 is 5.73 Å². The minimum absolute atomic E-state index is 0.0633. The van der Waals surface area contributed by atoms with Crippen molar-refractivity contribution in [2.75, 3.05) is 12.3 Å². The monoisotopic (exact) mass is 365 g/mol. The standard InChI is InChI=1S/C17H27N5O4/c1-9(2)25-13-10(6-24-17(3,4)5)26-16(12(13)23)22-8-21-11-14(18)19-7-20-15(11)22/h7-10,12-13,16,23H,6H2,1-5H3,(H2,18,19,20)/t10?,12-,13-,16?/m1/s1. The molecule has 1 aliphatic heterocycles. The van der Waals surface area contributed by atoms with Gasteiger partial charge in [-0.05, 0) is 34.6 Å². The highest BCUT2D eigenvalue weighted by atomic mass is 16.6. The second-order valence-electron chi connectivity index (χ2n) is 7.71. The molecule has 2 aromatic heterocycles. The van der Waals surface area contributed by atoms with Crippen molar-refractivity contribution in [2.24, 2.45) is 0 Å². The van der Waals surface area contributed by atoms with E-state index in [1.54, 1.807) is 10.9 Å². The predicted octanol–water partition coefficient (Wildman–Crippen LogP) is 1.28. The minimum atomic E-state index is -0.903. The van der Waals surface area contributed by atoms with E-state index < -0.39 is 24.5 Å². The molecule has 0 radical (unpaired) electrons. The zero-order chi connectivity index (χ0) is 19.1. The Morgan fingerprint density at radius 1 is 1.31 bits per heavy atom. The molecule has 0 aliphatic carbocycles. The zero-order valence-electron chi connectivity index (χ0n) is 15.8. The number of nitrogens with two attached hydrogens (primary N) is 1. The van der Waals surface area contributed by atoms with Crippen LogP contribution in [0.2, 0.25) is 0 Å². The Hall–Kier alpha value is -1.81. The first-order valence-corrected chi connectivity index (χ1v) is 8.73. The molecule has 4 atom stereocenters. The van der Waals surface area contributed by atoms with Crippen LogP contribution in [0.25, 0.3) is 11.2 Å². The topological polar surface area (TPSA) is 118 Å². The Morgan fingerprint density at radius 2 is 2.04 bits per heavy atom. The van der Waals surface area contributed by atoms with Crippen LogP contribution in [0.5, 0.6) is 0 Å². The number of nitrogens with zero attached hydrogens (tertiary/aromatic N) is 4. The highest BCUT2D eigenvalue weighted by molar-refractivity contribution is 5.81. The maximum atomic E-state index is 10.9. The number of nitrogen functional groups attached to an aromatic ring is 1. The average Bonchev–Trinajstić information content (AvgIpc) is 3.08. The van der Waals surface area contributed by atoms with E-state index in [-0.39, 0.29) is 17.5 Å². The van der Waals surface area contributed by atoms with E-state index in [9.17, 15) is 5.11 Å². The largest absolute Gasteiger partial charge is 0.386 e. The lowest BCUT2D eigenvalue weighted by atomic mass is 10.1. The second kappa shape index (κ2) is 7.07. The molecule has 3 rings (SSSR count). The Balaban J connectivity index is 1.88. The number of rotatable bonds is 5. The summed E-state index contributed by atoms with van der Waals surface area (Å²) in [6.45, 7) is 10.1. The van der Waals surface area contributed by atoms with E-state index in [0.717, 1.165) is 0 Å². The van der Waals surface area contributed by atoms with Gasteiger partial charge in [-0.15, -0.1) is 0 Å². The molecule has 0 aromatic carbocycles. The fraction of sp³-hybridized carbons (Fsp3) is 0.706. The van der Waals surface area contributed by atoms with Gasteiger partial charge in [0.2, 0.25) is 0 Å². The van der Waals surface area contributed by atoms with Crippen molar-refractivity contribution in [2.45, 2.75) is 70.9 Å². The van der Waals surface area contributed by atoms with Crippen molar-refractivity contribution in [3.8, 4) is 0 Å². The summed E-state index contributed by atoms with van der Waals surface area (Å²) in [5.41, 5.74) is 6.50. The number of aliphatic hydroxyl groups excluding tert-OH is 1. The lowest BCUT2D eigenvalue weighted by molar-refractivity contribution is -0.115. The van der Waals surface area contributed by atoms with Gasteiger partial charge < -0.3 is 25.1 Å². The Morgan fingerprint density at radius 3 is 2.69 bits per heavy atom. The van der Waals surface area contributed by atoms with E-state index >= 15 is 0 Å². The van der Waals surface area contributed by atoms with Gasteiger partial charge in [-0.2, -0.15) is 0 Å². The maximum absolute atomic E-state index is 10.9. The van der Waals surface area contributed by atoms with Crippen LogP contribution in [-0.4, -0.2) is 61.2 Å². The molecule has 3 heterocycles. The number of aromatic nitrogens is 4. The van der Waals surface area contributed by atoms with E-state index in [0.29, 0.717) is 17.8 Å². The van der Waals surface area contributed by atoms with Crippen LogP contribution in [0.1, 0.15) is 40.8 Å². The summed E-state index contributed by atoms with van der Waals surface area (Å²) in [6, 6.07) is 0. The van der Waals surface area contributed by atoms with Crippen LogP contribution in [0.4, 0.5) is 5.82 Å². The second-order valence-corrected chi connectivity index (χ2v) is 7.71. The molecule has 1 aliphatic rings. The highest BCUT2D eigenvalue weighted by Gasteiger charge is 2.46. The Labute approximate surface area is 152 Å². The first-order chi connectivity index (χ1) is 12.2. The van der Waals surface area contributed by atoms with Gasteiger partial charge in [-0.25, -0.2) is 15.0 Å². The first kappa shape index (κ1) is 19.0. The van der Waals surface area contributed by atoms with Crippen molar-refractivity contribution in [3.05, 3.63) is 12.7 Å². The molecule has 3 N–H and O–H groups in total. The quantitative estimate of drug-likeness (QED) is 0.813. The van der Waals surface area contributed by atoms with Crippen molar-refractivity contribution in [1.29, 1.82) is 0 Å². The van der Waals surface area contributed by atoms with Crippen LogP contribution in [0, 0.1) is 0 Å². The lowest BCUT2D eigenvalue weighted by Crippen LogP contribution is -2.39. The molecule has 0 bridgehead atoms. The number of hydrogen-bond acceptors (Lipinski definition) is 8. The molecular weight excluding hydrogens is 338 g/mol. The van der Waals surface area contributed by atoms with Gasteiger partial charge in [0.1, 0.15) is 30.2 Å². The van der Waals surface area contributed by atoms with Crippen molar-refractivity contribution >= 4 is 17.0 Å². The summed E-state index contributed by atoms with van der Waals surface area (Å²) >= 11 is 0. The molecule has 0 amide bonds. The maximum Gasteiger partial charge on any atom is 0.167 e. The first-order valence-electron chi connectivity index (χ1n) is 8.73. The molecule has 1 fully saturated rings. The molecule has 0 spiro atoms. The van der Waals surface area contributed by atoms with Crippen molar-refractivity contribution < 1.29 is 19.3 Å². The molecule has 0 saturated carbocycles. The molecule has 9 nitrogen and oxygen atoms in total. The third-order valence-electron chi connectivity index (χ3n) is 4.08. The number of aliphatic hydroxyl groups is 1. The summed E-state index contributed by atoms with van der Waals surface area (Å²) in [5.74, 6) is 0.281. The molecule has 2 aromatic rings. The van der Waals surface area contributed by atoms with E-state index in [2.05, 4.69) is 15.0 Å². The fourth-order valence-corrected chi connectivity index (χ4v) is 2.95. The van der Waals surface area contributed by atoms with Gasteiger partial charge in [-0.3, -0.25) is 4.57 Å². The molecule has 9 heteroatoms. The number of ether oxygens (including phenoxy) is 3. The Bertz CT molecular complexity index is 757. The van der Waals surface area contributed by atoms with Crippen LogP contribution in [0.3, 0.4) is 0 Å². The van der Waals surface area contributed by atoms with Gasteiger partial charge in [0.25, 0.3) is 0 Å². The number of fused-ring (bicyclic) bond motifs is 1. The number of anilines is 1. The molecule has 26 heavy (non-hydrogen) atoms. The summed E-state index contributed by atoms with van der Waals surface area (Å²) in [5, 5.41) is 10.9. The van der Waals surface area contributed by atoms with Crippen molar-refractivity contribution in [3.63, 3.8) is 0 Å². The molecule has 2 unspecified atom stereocenters. The van der Waals surface area contributed by atoms with E-state index in [4.69, 9.17) is 19.9 Å². The third kappa shape index (κ3) is 3.80. The van der Waals surface area contributed by atoms with Gasteiger partial charge in [0, 0.05) is 0 Å². The minimum Gasteiger partial charge on any atom is -0.386 e. The van der Waals surface area contributed by atoms with Crippen LogP contribution in [-0.2, 0) is 14.2 Å². The predicted molar refractivity (Wildman–Crippen MR) is 95.4 cm³/mol. The SMILES string of the molecule is CC(C)O[C@@H]1C(COC(C)(C)C)OC(n2cnc3c(N)ncnc32)[C@@H]1O. The summed E-state index contributed by atoms with van der Waals surface area (Å²) in [6.07, 6.45) is 0.285. The van der Waals surface area contributed by atoms with Gasteiger partial charge in [0.05, 0.1) is 24.6 Å². The summed E-state index contributed by atoms with van der Waals surface area (Å²) < 4.78 is 19.5. The normalized spacial score (nSPS) is 26.9. The van der Waals surface area contributed by atoms with E-state index in [1.165, 1.54) is 6.33 Å². The highest BCUT2D eigenvalue weighted by Crippen LogP contribution is 2.34. The zero-order valence-corrected chi connectivity index (χ0v) is 15.8. The fourth-order valence-electron chi connectivity index (χ4n) is 2.95. The summed E-state index contributed by atoms with van der Waals surface area (Å²) in [7, 11) is 0.